The summed E-state index contributed by atoms with van der Waals surface area (Å²) in [5.41, 5.74) is 0.683. The van der Waals surface area contributed by atoms with Crippen LogP contribution < -0.4 is 5.32 Å². The predicted octanol–water partition coefficient (Wildman–Crippen LogP) is 4.23. The van der Waals surface area contributed by atoms with Gasteiger partial charge in [0.2, 0.25) is 0 Å². The normalized spacial score (nSPS) is 23.1. The molecule has 0 spiro atoms. The zero-order chi connectivity index (χ0) is 13.2. The second-order valence-corrected chi connectivity index (χ2v) is 8.26. The second-order valence-electron chi connectivity index (χ2n) is 4.74. The van der Waals surface area contributed by atoms with Crippen LogP contribution in [-0.2, 0) is 0 Å². The Balaban J connectivity index is 1.99. The summed E-state index contributed by atoms with van der Waals surface area (Å²) in [4.78, 5) is 12.1. The van der Waals surface area contributed by atoms with Crippen molar-refractivity contribution >= 4 is 49.5 Å². The van der Waals surface area contributed by atoms with E-state index in [1.165, 1.54) is 18.6 Å². The third kappa shape index (κ3) is 3.75. The molecule has 1 aliphatic heterocycles. The van der Waals surface area contributed by atoms with Crippen LogP contribution in [0.5, 0.6) is 0 Å². The third-order valence-electron chi connectivity index (χ3n) is 3.05. The van der Waals surface area contributed by atoms with E-state index in [4.69, 9.17) is 0 Å². The van der Waals surface area contributed by atoms with E-state index < -0.39 is 0 Å². The fraction of sp³-hybridized carbons (Fsp3) is 0.462. The summed E-state index contributed by atoms with van der Waals surface area (Å²) in [6.07, 6.45) is 2.43. The summed E-state index contributed by atoms with van der Waals surface area (Å²) in [5.74, 6) is 1.19. The summed E-state index contributed by atoms with van der Waals surface area (Å²) in [7, 11) is 0. The molecule has 1 amide bonds. The Kier molecular flexibility index (Phi) is 4.78. The van der Waals surface area contributed by atoms with Crippen LogP contribution in [0.3, 0.4) is 0 Å². The monoisotopic (exact) mass is 391 g/mol. The minimum absolute atomic E-state index is 0.00859. The molecule has 18 heavy (non-hydrogen) atoms. The van der Waals surface area contributed by atoms with E-state index in [2.05, 4.69) is 44.1 Å². The van der Waals surface area contributed by atoms with Crippen LogP contribution in [0.25, 0.3) is 0 Å². The van der Waals surface area contributed by atoms with E-state index in [1.807, 2.05) is 30.0 Å². The van der Waals surface area contributed by atoms with Gasteiger partial charge in [0.15, 0.2) is 0 Å². The number of hydrogen-bond donors (Lipinski definition) is 1. The number of rotatable bonds is 3. The first-order valence-corrected chi connectivity index (χ1v) is 8.44. The van der Waals surface area contributed by atoms with Crippen molar-refractivity contribution in [3.63, 3.8) is 0 Å². The summed E-state index contributed by atoms with van der Waals surface area (Å²) >= 11 is 8.75. The number of halogens is 2. The van der Waals surface area contributed by atoms with Gasteiger partial charge in [-0.3, -0.25) is 4.79 Å². The SMILES string of the molecule is CC1(CNC(=O)c2cc(Br)cc(Br)c2)CCCS1. The van der Waals surface area contributed by atoms with Crippen LogP contribution in [0.2, 0.25) is 0 Å². The van der Waals surface area contributed by atoms with Crippen LogP contribution in [0.4, 0.5) is 0 Å². The molecule has 0 bridgehead atoms. The Labute approximate surface area is 129 Å². The largest absolute Gasteiger partial charge is 0.351 e. The number of benzene rings is 1. The Bertz CT molecular complexity index is 438. The highest BCUT2D eigenvalue weighted by atomic mass is 79.9. The molecule has 0 saturated carbocycles. The summed E-state index contributed by atoms with van der Waals surface area (Å²) in [6, 6.07) is 5.60. The van der Waals surface area contributed by atoms with Gasteiger partial charge in [0.05, 0.1) is 0 Å². The molecule has 1 aromatic carbocycles. The van der Waals surface area contributed by atoms with Crippen molar-refractivity contribution in [3.05, 3.63) is 32.7 Å². The van der Waals surface area contributed by atoms with Crippen LogP contribution in [0, 0.1) is 0 Å². The summed E-state index contributed by atoms with van der Waals surface area (Å²) in [5, 5.41) is 3.03. The van der Waals surface area contributed by atoms with Gasteiger partial charge in [-0.15, -0.1) is 0 Å². The Hall–Kier alpha value is -0.000000000000000111. The van der Waals surface area contributed by atoms with Crippen molar-refractivity contribution in [2.75, 3.05) is 12.3 Å². The molecule has 1 unspecified atom stereocenters. The van der Waals surface area contributed by atoms with E-state index in [0.717, 1.165) is 15.5 Å². The molecule has 2 nitrogen and oxygen atoms in total. The van der Waals surface area contributed by atoms with Crippen molar-refractivity contribution in [1.29, 1.82) is 0 Å². The fourth-order valence-electron chi connectivity index (χ4n) is 2.03. The number of thioether (sulfide) groups is 1. The first-order valence-electron chi connectivity index (χ1n) is 5.87. The van der Waals surface area contributed by atoms with Gasteiger partial charge in [0, 0.05) is 25.8 Å². The molecule has 0 radical (unpaired) electrons. The van der Waals surface area contributed by atoms with Crippen molar-refractivity contribution in [2.45, 2.75) is 24.5 Å². The number of carbonyl (C=O) groups is 1. The zero-order valence-corrected chi connectivity index (χ0v) is 14.1. The van der Waals surface area contributed by atoms with Gasteiger partial charge in [-0.05, 0) is 43.7 Å². The lowest BCUT2D eigenvalue weighted by molar-refractivity contribution is 0.0950. The third-order valence-corrected chi connectivity index (χ3v) is 5.50. The van der Waals surface area contributed by atoms with Gasteiger partial charge in [0.25, 0.3) is 5.91 Å². The predicted molar refractivity (Wildman–Crippen MR) is 84.3 cm³/mol. The van der Waals surface area contributed by atoms with Gasteiger partial charge < -0.3 is 5.32 Å². The Morgan fingerprint density at radius 1 is 1.39 bits per heavy atom. The molecular weight excluding hydrogens is 378 g/mol. The van der Waals surface area contributed by atoms with Crippen LogP contribution in [0.1, 0.15) is 30.1 Å². The fourth-order valence-corrected chi connectivity index (χ4v) is 4.57. The minimum Gasteiger partial charge on any atom is -0.351 e. The lowest BCUT2D eigenvalue weighted by Crippen LogP contribution is -2.36. The zero-order valence-electron chi connectivity index (χ0n) is 10.1. The first-order chi connectivity index (χ1) is 8.48. The molecule has 0 aromatic heterocycles. The van der Waals surface area contributed by atoms with E-state index in [1.54, 1.807) is 0 Å². The van der Waals surface area contributed by atoms with Crippen molar-refractivity contribution in [1.82, 2.24) is 5.32 Å². The standard InChI is InChI=1S/C13H15Br2NOS/c1-13(3-2-4-18-13)8-16-12(17)9-5-10(14)7-11(15)6-9/h5-7H,2-4,8H2,1H3,(H,16,17). The minimum atomic E-state index is -0.00859. The highest BCUT2D eigenvalue weighted by molar-refractivity contribution is 9.11. The maximum Gasteiger partial charge on any atom is 0.251 e. The molecule has 1 fully saturated rings. The molecule has 98 valence electrons. The van der Waals surface area contributed by atoms with E-state index in [9.17, 15) is 4.79 Å². The quantitative estimate of drug-likeness (QED) is 0.833. The molecule has 1 N–H and O–H groups in total. The van der Waals surface area contributed by atoms with Gasteiger partial charge >= 0.3 is 0 Å². The first kappa shape index (κ1) is 14.4. The maximum atomic E-state index is 12.1. The van der Waals surface area contributed by atoms with Crippen molar-refractivity contribution < 1.29 is 4.79 Å². The molecule has 1 aliphatic rings. The molecule has 5 heteroatoms. The van der Waals surface area contributed by atoms with E-state index in [0.29, 0.717) is 5.56 Å². The van der Waals surface area contributed by atoms with Crippen LogP contribution in [0.15, 0.2) is 27.1 Å². The van der Waals surface area contributed by atoms with Gasteiger partial charge in [0.1, 0.15) is 0 Å². The summed E-state index contributed by atoms with van der Waals surface area (Å²) < 4.78 is 2.02. The topological polar surface area (TPSA) is 29.1 Å². The van der Waals surface area contributed by atoms with Gasteiger partial charge in [-0.2, -0.15) is 11.8 Å². The number of nitrogens with one attached hydrogen (secondary N) is 1. The molecular formula is C13H15Br2NOS. The number of hydrogen-bond acceptors (Lipinski definition) is 2. The Morgan fingerprint density at radius 3 is 2.61 bits per heavy atom. The Morgan fingerprint density at radius 2 is 2.06 bits per heavy atom. The number of carbonyl (C=O) groups excluding carboxylic acids is 1. The van der Waals surface area contributed by atoms with Crippen molar-refractivity contribution in [2.24, 2.45) is 0 Å². The molecule has 1 saturated heterocycles. The highest BCUT2D eigenvalue weighted by Gasteiger charge is 2.29. The summed E-state index contributed by atoms with van der Waals surface area (Å²) in [6.45, 7) is 2.96. The molecule has 1 aromatic rings. The van der Waals surface area contributed by atoms with Gasteiger partial charge in [-0.25, -0.2) is 0 Å². The van der Waals surface area contributed by atoms with Crippen LogP contribution in [-0.4, -0.2) is 23.0 Å². The van der Waals surface area contributed by atoms with E-state index in [-0.39, 0.29) is 10.7 Å². The van der Waals surface area contributed by atoms with Gasteiger partial charge in [-0.1, -0.05) is 31.9 Å². The smallest absolute Gasteiger partial charge is 0.251 e. The molecule has 2 rings (SSSR count). The molecule has 1 atom stereocenters. The average molecular weight is 393 g/mol. The second kappa shape index (κ2) is 5.97. The lowest BCUT2D eigenvalue weighted by atomic mass is 10.1. The maximum absolute atomic E-state index is 12.1. The number of amides is 1. The van der Waals surface area contributed by atoms with E-state index >= 15 is 0 Å². The average Bonchev–Trinajstić information content (AvgIpc) is 2.72. The molecule has 1 heterocycles. The molecule has 0 aliphatic carbocycles. The highest BCUT2D eigenvalue weighted by Crippen LogP contribution is 2.37. The lowest BCUT2D eigenvalue weighted by Gasteiger charge is -2.22. The van der Waals surface area contributed by atoms with Crippen LogP contribution >= 0.6 is 43.6 Å². The van der Waals surface area contributed by atoms with Crippen molar-refractivity contribution in [3.8, 4) is 0 Å².